The Bertz CT molecular complexity index is 343. The van der Waals surface area contributed by atoms with Crippen molar-refractivity contribution in [3.05, 3.63) is 0 Å². The minimum Gasteiger partial charge on any atom is -0.381 e. The first kappa shape index (κ1) is 23.8. The maximum Gasteiger partial charge on any atom is 0.0875 e. The smallest absolute Gasteiger partial charge is 0.0875 e. The summed E-state index contributed by atoms with van der Waals surface area (Å²) in [6.45, 7) is 17.7. The molecular weight excluding hydrogens is 330 g/mol. The summed E-state index contributed by atoms with van der Waals surface area (Å²) in [5.41, 5.74) is -0.121. The Balaban J connectivity index is 1.74. The van der Waals surface area contributed by atoms with Crippen LogP contribution in [0, 0.1) is 0 Å². The lowest BCUT2D eigenvalue weighted by molar-refractivity contribution is -0.291. The van der Waals surface area contributed by atoms with Crippen LogP contribution in [0.2, 0.25) is 0 Å². The number of hydrogen-bond acceptors (Lipinski definition) is 5. The van der Waals surface area contributed by atoms with Crippen LogP contribution in [0.4, 0.5) is 0 Å². The van der Waals surface area contributed by atoms with Crippen LogP contribution in [-0.2, 0) is 19.0 Å². The van der Waals surface area contributed by atoms with Crippen molar-refractivity contribution in [2.45, 2.75) is 97.4 Å². The summed E-state index contributed by atoms with van der Waals surface area (Å²) in [6.07, 6.45) is 7.19. The van der Waals surface area contributed by atoms with Crippen molar-refractivity contribution < 1.29 is 19.0 Å². The van der Waals surface area contributed by atoms with Crippen LogP contribution in [0.15, 0.2) is 0 Å². The molecule has 0 aromatic carbocycles. The lowest BCUT2D eigenvalue weighted by Gasteiger charge is -2.41. The summed E-state index contributed by atoms with van der Waals surface area (Å²) >= 11 is 0. The first-order valence-electron chi connectivity index (χ1n) is 10.4. The summed E-state index contributed by atoms with van der Waals surface area (Å²) in [5.74, 6) is 0. The van der Waals surface area contributed by atoms with E-state index in [2.05, 4.69) is 41.5 Å². The van der Waals surface area contributed by atoms with E-state index in [1.165, 1.54) is 12.8 Å². The van der Waals surface area contributed by atoms with Gasteiger partial charge in [-0.3, -0.25) is 4.84 Å². The van der Waals surface area contributed by atoms with E-state index in [1.54, 1.807) is 0 Å². The van der Waals surface area contributed by atoms with E-state index in [0.717, 1.165) is 65.2 Å². The van der Waals surface area contributed by atoms with E-state index >= 15 is 0 Å². The Labute approximate surface area is 161 Å². The summed E-state index contributed by atoms with van der Waals surface area (Å²) < 4.78 is 17.3. The Kier molecular flexibility index (Phi) is 11.3. The monoisotopic (exact) mass is 373 g/mol. The fourth-order valence-corrected chi connectivity index (χ4v) is 2.66. The summed E-state index contributed by atoms with van der Waals surface area (Å²) in [5, 5.41) is 1.99. The van der Waals surface area contributed by atoms with Crippen LogP contribution in [-0.4, -0.2) is 61.9 Å². The average molecular weight is 374 g/mol. The molecule has 26 heavy (non-hydrogen) atoms. The molecule has 0 aliphatic carbocycles. The molecule has 0 bridgehead atoms. The molecule has 0 N–H and O–H groups in total. The molecule has 0 aromatic rings. The molecule has 1 aliphatic rings. The number of hydrogen-bond donors (Lipinski definition) is 0. The van der Waals surface area contributed by atoms with Crippen molar-refractivity contribution in [3.8, 4) is 0 Å². The molecule has 1 saturated heterocycles. The number of nitrogens with zero attached hydrogens (tertiary/aromatic N) is 1. The lowest BCUT2D eigenvalue weighted by Crippen LogP contribution is -2.54. The van der Waals surface area contributed by atoms with Crippen LogP contribution in [0.3, 0.4) is 0 Å². The molecule has 156 valence electrons. The Morgan fingerprint density at radius 3 is 1.77 bits per heavy atom. The highest BCUT2D eigenvalue weighted by molar-refractivity contribution is 4.76. The normalized spacial score (nSPS) is 16.8. The number of unbranched alkanes of at least 4 members (excludes halogenated alkanes) is 4. The highest BCUT2D eigenvalue weighted by atomic mass is 16.7. The molecule has 1 aliphatic heterocycles. The van der Waals surface area contributed by atoms with Crippen molar-refractivity contribution >= 4 is 0 Å². The molecule has 1 rings (SSSR count). The quantitative estimate of drug-likeness (QED) is 0.417. The molecule has 1 heterocycles. The van der Waals surface area contributed by atoms with E-state index in [-0.39, 0.29) is 11.2 Å². The number of rotatable bonds is 14. The Morgan fingerprint density at radius 1 is 0.692 bits per heavy atom. The van der Waals surface area contributed by atoms with Crippen LogP contribution in [0.5, 0.6) is 0 Å². The SMILES string of the molecule is CC(C)(C)OCCCCCOCCCCCOC1CN(OC(C)(C)C)C1. The molecule has 0 aromatic heterocycles. The van der Waals surface area contributed by atoms with Crippen molar-refractivity contribution in [2.75, 3.05) is 39.5 Å². The lowest BCUT2D eigenvalue weighted by atomic mass is 10.2. The van der Waals surface area contributed by atoms with E-state index in [0.29, 0.717) is 6.10 Å². The molecule has 0 atom stereocenters. The van der Waals surface area contributed by atoms with E-state index < -0.39 is 0 Å². The van der Waals surface area contributed by atoms with Gasteiger partial charge in [-0.15, -0.1) is 0 Å². The molecule has 0 radical (unpaired) electrons. The highest BCUT2D eigenvalue weighted by Crippen LogP contribution is 2.18. The standard InChI is InChI=1S/C21H43NO4/c1-20(2,3)25-16-12-8-10-14-23-13-9-7-11-15-24-19-17-22(18-19)26-21(4,5)6/h19H,7-18H2,1-6H3. The average Bonchev–Trinajstić information content (AvgIpc) is 2.46. The van der Waals surface area contributed by atoms with Gasteiger partial charge in [-0.05, 0) is 80.1 Å². The topological polar surface area (TPSA) is 40.2 Å². The fraction of sp³-hybridized carbons (Fsp3) is 1.00. The third-order valence-electron chi connectivity index (χ3n) is 3.97. The van der Waals surface area contributed by atoms with Crippen LogP contribution < -0.4 is 0 Å². The van der Waals surface area contributed by atoms with Gasteiger partial charge in [0.2, 0.25) is 0 Å². The summed E-state index contributed by atoms with van der Waals surface area (Å²) in [6, 6.07) is 0. The van der Waals surface area contributed by atoms with Gasteiger partial charge < -0.3 is 14.2 Å². The minimum absolute atomic E-state index is 0.0154. The third kappa shape index (κ3) is 13.9. The van der Waals surface area contributed by atoms with Crippen LogP contribution >= 0.6 is 0 Å². The molecule has 5 heteroatoms. The molecule has 0 unspecified atom stereocenters. The second-order valence-electron chi connectivity index (χ2n) is 9.24. The Morgan fingerprint density at radius 2 is 1.23 bits per heavy atom. The molecular formula is C21H43NO4. The summed E-state index contributed by atoms with van der Waals surface area (Å²) in [7, 11) is 0. The third-order valence-corrected chi connectivity index (χ3v) is 3.97. The minimum atomic E-state index is -0.106. The molecule has 0 amide bonds. The van der Waals surface area contributed by atoms with E-state index in [9.17, 15) is 0 Å². The zero-order valence-electron chi connectivity index (χ0n) is 18.1. The van der Waals surface area contributed by atoms with Gasteiger partial charge in [0, 0.05) is 26.4 Å². The number of hydroxylamine groups is 2. The number of ether oxygens (including phenoxy) is 3. The van der Waals surface area contributed by atoms with E-state index in [1.807, 2.05) is 5.06 Å². The van der Waals surface area contributed by atoms with E-state index in [4.69, 9.17) is 19.0 Å². The second kappa shape index (κ2) is 12.3. The fourth-order valence-electron chi connectivity index (χ4n) is 2.66. The zero-order chi connectivity index (χ0) is 19.5. The van der Waals surface area contributed by atoms with Crippen LogP contribution in [0.1, 0.15) is 80.1 Å². The van der Waals surface area contributed by atoms with Crippen molar-refractivity contribution in [3.63, 3.8) is 0 Å². The Hall–Kier alpha value is -0.200. The zero-order valence-corrected chi connectivity index (χ0v) is 18.1. The van der Waals surface area contributed by atoms with Gasteiger partial charge in [0.25, 0.3) is 0 Å². The van der Waals surface area contributed by atoms with Crippen molar-refractivity contribution in [1.82, 2.24) is 5.06 Å². The van der Waals surface area contributed by atoms with Gasteiger partial charge in [0.15, 0.2) is 0 Å². The maximum absolute atomic E-state index is 5.85. The molecule has 0 spiro atoms. The first-order valence-corrected chi connectivity index (χ1v) is 10.4. The van der Waals surface area contributed by atoms with Gasteiger partial charge in [-0.2, -0.15) is 5.06 Å². The molecule has 5 nitrogen and oxygen atoms in total. The predicted octanol–water partition coefficient (Wildman–Crippen LogP) is 4.59. The van der Waals surface area contributed by atoms with Gasteiger partial charge in [0.05, 0.1) is 30.4 Å². The maximum atomic E-state index is 5.85. The van der Waals surface area contributed by atoms with Crippen LogP contribution in [0.25, 0.3) is 0 Å². The first-order chi connectivity index (χ1) is 12.2. The van der Waals surface area contributed by atoms with Gasteiger partial charge >= 0.3 is 0 Å². The van der Waals surface area contributed by atoms with Gasteiger partial charge in [-0.25, -0.2) is 0 Å². The van der Waals surface area contributed by atoms with Gasteiger partial charge in [0.1, 0.15) is 0 Å². The van der Waals surface area contributed by atoms with Crippen molar-refractivity contribution in [2.24, 2.45) is 0 Å². The second-order valence-corrected chi connectivity index (χ2v) is 9.24. The molecule has 0 saturated carbocycles. The molecule has 1 fully saturated rings. The highest BCUT2D eigenvalue weighted by Gasteiger charge is 2.31. The summed E-state index contributed by atoms with van der Waals surface area (Å²) in [4.78, 5) is 5.76. The largest absolute Gasteiger partial charge is 0.381 e. The van der Waals surface area contributed by atoms with Gasteiger partial charge in [-0.1, -0.05) is 0 Å². The predicted molar refractivity (Wildman–Crippen MR) is 106 cm³/mol. The van der Waals surface area contributed by atoms with Crippen molar-refractivity contribution in [1.29, 1.82) is 0 Å².